The molecule has 5 rings (SSSR count). The van der Waals surface area contributed by atoms with Gasteiger partial charge in [0.1, 0.15) is 17.7 Å². The van der Waals surface area contributed by atoms with Gasteiger partial charge < -0.3 is 26.0 Å². The van der Waals surface area contributed by atoms with Crippen LogP contribution < -0.4 is 21.3 Å². The minimum atomic E-state index is -0.361. The minimum Gasteiger partial charge on any atom is -0.397 e. The van der Waals surface area contributed by atoms with Gasteiger partial charge in [0.15, 0.2) is 0 Å². The zero-order chi connectivity index (χ0) is 28.9. The highest BCUT2D eigenvalue weighted by molar-refractivity contribution is 5.95. The minimum absolute atomic E-state index is 0.00762. The van der Waals surface area contributed by atoms with Gasteiger partial charge in [0.25, 0.3) is 5.91 Å². The highest BCUT2D eigenvalue weighted by Crippen LogP contribution is 2.42. The fourth-order valence-corrected chi connectivity index (χ4v) is 6.07. The maximum atomic E-state index is 13.3. The third-order valence-electron chi connectivity index (χ3n) is 8.13. The molecule has 1 aromatic carbocycles. The largest absolute Gasteiger partial charge is 0.397 e. The second-order valence-electron chi connectivity index (χ2n) is 11.0. The fraction of sp³-hybridized carbons (Fsp3) is 0.452. The van der Waals surface area contributed by atoms with E-state index in [1.165, 1.54) is 6.42 Å². The highest BCUT2D eigenvalue weighted by atomic mass is 16.5. The Balaban J connectivity index is 1.33. The number of carbonyl (C=O) groups is 2. The number of hydrogen-bond donors (Lipinski definition) is 3. The molecular weight excluding hydrogens is 518 g/mol. The summed E-state index contributed by atoms with van der Waals surface area (Å²) < 4.78 is 5.12. The number of nitrogens with one attached hydrogen (secondary N) is 2. The molecule has 2 fully saturated rings. The summed E-state index contributed by atoms with van der Waals surface area (Å²) in [5.74, 6) is 1.63. The van der Waals surface area contributed by atoms with Crippen LogP contribution in [0.3, 0.4) is 0 Å². The van der Waals surface area contributed by atoms with Crippen LogP contribution in [0.1, 0.15) is 66.9 Å². The van der Waals surface area contributed by atoms with E-state index in [0.29, 0.717) is 41.8 Å². The molecule has 4 N–H and O–H groups in total. The van der Waals surface area contributed by atoms with Crippen molar-refractivity contribution < 1.29 is 14.3 Å². The number of pyridine rings is 1. The van der Waals surface area contributed by atoms with Gasteiger partial charge in [0.05, 0.1) is 35.9 Å². The summed E-state index contributed by atoms with van der Waals surface area (Å²) in [5.41, 5.74) is 9.28. The first-order valence-electron chi connectivity index (χ1n) is 14.4. The molecule has 41 heavy (non-hydrogen) atoms. The molecule has 0 radical (unpaired) electrons. The van der Waals surface area contributed by atoms with Crippen molar-refractivity contribution in [1.82, 2.24) is 25.6 Å². The van der Waals surface area contributed by atoms with Crippen LogP contribution in [-0.4, -0.2) is 59.1 Å². The standard InChI is InChI=1S/C31H39N7O3/c1-19(35-30(39)22-10-8-21(9-11-22)25-13-12-24(32)18-34-25)26-17-29(37-20(2)36-26)38-27-7-5-4-6-23(27)16-28(38)31(40)33-14-15-41-3/h8-13,17-19,23,27-28H,4-7,14-16,32H2,1-3H3,(H,33,40)(H,35,39)/t19?,23-,27-,28-/m0/s1. The molecule has 1 aliphatic carbocycles. The van der Waals surface area contributed by atoms with Crippen LogP contribution in [0.15, 0.2) is 48.7 Å². The van der Waals surface area contributed by atoms with E-state index in [1.54, 1.807) is 31.5 Å². The molecule has 216 valence electrons. The molecule has 3 aromatic rings. The number of nitrogens with zero attached hydrogens (tertiary/aromatic N) is 4. The number of aromatic nitrogens is 3. The van der Waals surface area contributed by atoms with E-state index in [-0.39, 0.29) is 29.9 Å². The Morgan fingerprint density at radius 3 is 2.63 bits per heavy atom. The Morgan fingerprint density at radius 1 is 1.12 bits per heavy atom. The second-order valence-corrected chi connectivity index (χ2v) is 11.0. The van der Waals surface area contributed by atoms with Crippen molar-refractivity contribution >= 4 is 23.3 Å². The first kappa shape index (κ1) is 28.5. The van der Waals surface area contributed by atoms with Gasteiger partial charge in [-0.05, 0) is 63.3 Å². The lowest BCUT2D eigenvalue weighted by molar-refractivity contribution is -0.122. The van der Waals surface area contributed by atoms with Gasteiger partial charge in [-0.15, -0.1) is 0 Å². The molecule has 1 unspecified atom stereocenters. The summed E-state index contributed by atoms with van der Waals surface area (Å²) in [5, 5.41) is 6.11. The summed E-state index contributed by atoms with van der Waals surface area (Å²) in [4.78, 5) is 42.4. The molecule has 2 amide bonds. The number of carbonyl (C=O) groups excluding carboxylic acids is 2. The Kier molecular flexibility index (Phi) is 8.78. The van der Waals surface area contributed by atoms with Crippen LogP contribution in [0.25, 0.3) is 11.3 Å². The van der Waals surface area contributed by atoms with Gasteiger partial charge >= 0.3 is 0 Å². The number of ether oxygens (including phenoxy) is 1. The van der Waals surface area contributed by atoms with E-state index in [0.717, 1.165) is 42.8 Å². The Morgan fingerprint density at radius 2 is 1.90 bits per heavy atom. The van der Waals surface area contributed by atoms with Crippen LogP contribution in [0.4, 0.5) is 11.5 Å². The van der Waals surface area contributed by atoms with Crippen molar-refractivity contribution in [3.8, 4) is 11.3 Å². The van der Waals surface area contributed by atoms with Crippen molar-refractivity contribution in [3.63, 3.8) is 0 Å². The SMILES string of the molecule is COCCNC(=O)[C@@H]1C[C@@H]2CCCC[C@@H]2N1c1cc(C(C)NC(=O)c2ccc(-c3ccc(N)cn3)cc2)nc(C)n1. The molecule has 2 aliphatic rings. The molecule has 4 atom stereocenters. The molecule has 0 bridgehead atoms. The zero-order valence-electron chi connectivity index (χ0n) is 24.0. The molecular formula is C31H39N7O3. The molecule has 10 heteroatoms. The third-order valence-corrected chi connectivity index (χ3v) is 8.13. The predicted octanol–water partition coefficient (Wildman–Crippen LogP) is 3.82. The normalized spacial score (nSPS) is 20.8. The van der Waals surface area contributed by atoms with Crippen LogP contribution in [0.2, 0.25) is 0 Å². The topological polar surface area (TPSA) is 135 Å². The maximum absolute atomic E-state index is 13.3. The number of anilines is 2. The van der Waals surface area contributed by atoms with E-state index in [9.17, 15) is 9.59 Å². The lowest BCUT2D eigenvalue weighted by Crippen LogP contribution is -2.48. The van der Waals surface area contributed by atoms with E-state index in [1.807, 2.05) is 38.1 Å². The van der Waals surface area contributed by atoms with E-state index >= 15 is 0 Å². The van der Waals surface area contributed by atoms with Gasteiger partial charge in [-0.1, -0.05) is 25.0 Å². The van der Waals surface area contributed by atoms with E-state index < -0.39 is 0 Å². The summed E-state index contributed by atoms with van der Waals surface area (Å²) in [6, 6.07) is 12.5. The Hall–Kier alpha value is -4.05. The van der Waals surface area contributed by atoms with Crippen LogP contribution in [-0.2, 0) is 9.53 Å². The van der Waals surface area contributed by atoms with Gasteiger partial charge in [-0.2, -0.15) is 0 Å². The maximum Gasteiger partial charge on any atom is 0.251 e. The number of rotatable bonds is 9. The van der Waals surface area contributed by atoms with Crippen LogP contribution >= 0.6 is 0 Å². The smallest absolute Gasteiger partial charge is 0.251 e. The van der Waals surface area contributed by atoms with Gasteiger partial charge in [-0.25, -0.2) is 9.97 Å². The average Bonchev–Trinajstić information content (AvgIpc) is 3.37. The summed E-state index contributed by atoms with van der Waals surface area (Å²) in [7, 11) is 1.63. The summed E-state index contributed by atoms with van der Waals surface area (Å²) in [6.07, 6.45) is 6.94. The van der Waals surface area contributed by atoms with E-state index in [2.05, 4.69) is 25.5 Å². The zero-order valence-corrected chi connectivity index (χ0v) is 24.0. The number of hydrogen-bond acceptors (Lipinski definition) is 8. The predicted molar refractivity (Wildman–Crippen MR) is 158 cm³/mol. The quantitative estimate of drug-likeness (QED) is 0.338. The number of fused-ring (bicyclic) bond motifs is 1. The van der Waals surface area contributed by atoms with Crippen molar-refractivity contribution in [2.75, 3.05) is 30.9 Å². The molecule has 1 saturated heterocycles. The Bertz CT molecular complexity index is 1360. The second kappa shape index (κ2) is 12.6. The van der Waals surface area contributed by atoms with Crippen molar-refractivity contribution in [1.29, 1.82) is 0 Å². The number of methoxy groups -OCH3 is 1. The number of amides is 2. The molecule has 3 heterocycles. The monoisotopic (exact) mass is 557 g/mol. The number of benzene rings is 1. The lowest BCUT2D eigenvalue weighted by Gasteiger charge is -2.35. The van der Waals surface area contributed by atoms with Crippen molar-refractivity contribution in [3.05, 3.63) is 65.7 Å². The molecule has 1 aliphatic heterocycles. The van der Waals surface area contributed by atoms with Crippen molar-refractivity contribution in [2.24, 2.45) is 5.92 Å². The number of aryl methyl sites for hydroxylation is 1. The molecule has 2 aromatic heterocycles. The molecule has 10 nitrogen and oxygen atoms in total. The first-order chi connectivity index (χ1) is 19.8. The van der Waals surface area contributed by atoms with Gasteiger partial charge in [0.2, 0.25) is 5.91 Å². The number of nitrogens with two attached hydrogens (primary N) is 1. The fourth-order valence-electron chi connectivity index (χ4n) is 6.07. The van der Waals surface area contributed by atoms with Crippen molar-refractivity contribution in [2.45, 2.75) is 64.1 Å². The Labute approximate surface area is 241 Å². The summed E-state index contributed by atoms with van der Waals surface area (Å²) >= 11 is 0. The van der Waals surface area contributed by atoms with Crippen LogP contribution in [0.5, 0.6) is 0 Å². The third kappa shape index (κ3) is 6.48. The lowest BCUT2D eigenvalue weighted by atomic mass is 9.84. The molecule has 0 spiro atoms. The highest BCUT2D eigenvalue weighted by Gasteiger charge is 2.45. The summed E-state index contributed by atoms with van der Waals surface area (Å²) in [6.45, 7) is 4.72. The van der Waals surface area contributed by atoms with Crippen LogP contribution in [0, 0.1) is 12.8 Å². The average molecular weight is 558 g/mol. The van der Waals surface area contributed by atoms with E-state index in [4.69, 9.17) is 15.5 Å². The first-order valence-corrected chi connectivity index (χ1v) is 14.4. The van der Waals surface area contributed by atoms with Gasteiger partial charge in [0, 0.05) is 36.9 Å². The van der Waals surface area contributed by atoms with Gasteiger partial charge in [-0.3, -0.25) is 14.6 Å². The molecule has 1 saturated carbocycles. The number of nitrogen functional groups attached to an aromatic ring is 1.